The first kappa shape index (κ1) is 18.8. The lowest BCUT2D eigenvalue weighted by atomic mass is 9.97. The van der Waals surface area contributed by atoms with E-state index in [1.807, 2.05) is 24.3 Å². The average molecular weight is 361 g/mol. The Morgan fingerprint density at radius 1 is 1.24 bits per heavy atom. The summed E-state index contributed by atoms with van der Waals surface area (Å²) in [6.45, 7) is 3.78. The second-order valence-electron chi connectivity index (χ2n) is 5.75. The summed E-state index contributed by atoms with van der Waals surface area (Å²) in [5, 5.41) is 3.21. The van der Waals surface area contributed by atoms with Gasteiger partial charge in [-0.3, -0.25) is 4.79 Å². The zero-order chi connectivity index (χ0) is 18.4. The molecule has 6 heteroatoms. The van der Waals surface area contributed by atoms with Crippen LogP contribution in [-0.2, 0) is 9.53 Å². The van der Waals surface area contributed by atoms with E-state index < -0.39 is 18.5 Å². The van der Waals surface area contributed by atoms with Crippen molar-refractivity contribution in [2.75, 3.05) is 17.7 Å². The van der Waals surface area contributed by atoms with Crippen LogP contribution in [0.15, 0.2) is 42.5 Å². The van der Waals surface area contributed by atoms with Crippen LogP contribution in [0.1, 0.15) is 42.1 Å². The molecule has 0 unspecified atom stereocenters. The van der Waals surface area contributed by atoms with Crippen LogP contribution in [0.5, 0.6) is 0 Å². The number of ether oxygens (including phenoxy) is 1. The highest BCUT2D eigenvalue weighted by Gasteiger charge is 2.15. The maximum atomic E-state index is 12.1. The molecule has 2 aromatic carbocycles. The Kier molecular flexibility index (Phi) is 6.42. The van der Waals surface area contributed by atoms with Gasteiger partial charge in [-0.15, -0.1) is 0 Å². The molecular formula is C19H21ClN2O3. The number of halogens is 1. The summed E-state index contributed by atoms with van der Waals surface area (Å²) in [6, 6.07) is 12.1. The van der Waals surface area contributed by atoms with Crippen molar-refractivity contribution in [2.24, 2.45) is 0 Å². The fraction of sp³-hybridized carbons (Fsp3) is 0.263. The summed E-state index contributed by atoms with van der Waals surface area (Å²) in [5.74, 6) is -0.760. The van der Waals surface area contributed by atoms with E-state index in [2.05, 4.69) is 19.2 Å². The van der Waals surface area contributed by atoms with Crippen LogP contribution in [-0.4, -0.2) is 18.5 Å². The number of carbonyl (C=O) groups is 2. The van der Waals surface area contributed by atoms with Gasteiger partial charge in [0.1, 0.15) is 0 Å². The fourth-order valence-corrected chi connectivity index (χ4v) is 2.56. The number of carbonyl (C=O) groups excluding carboxylic acids is 2. The van der Waals surface area contributed by atoms with Gasteiger partial charge in [0.05, 0.1) is 5.56 Å². The zero-order valence-electron chi connectivity index (χ0n) is 14.2. The number of nitrogens with one attached hydrogen (secondary N) is 1. The molecular weight excluding hydrogens is 340 g/mol. The van der Waals surface area contributed by atoms with Gasteiger partial charge in [-0.05, 0) is 42.2 Å². The number of nitrogens with two attached hydrogens (primary N) is 1. The van der Waals surface area contributed by atoms with Crippen LogP contribution < -0.4 is 11.1 Å². The predicted molar refractivity (Wildman–Crippen MR) is 99.9 cm³/mol. The molecule has 3 N–H and O–H groups in total. The van der Waals surface area contributed by atoms with Crippen molar-refractivity contribution >= 4 is 34.9 Å². The number of esters is 1. The summed E-state index contributed by atoms with van der Waals surface area (Å²) >= 11 is 5.80. The molecule has 0 aliphatic rings. The molecule has 0 bridgehead atoms. The lowest BCUT2D eigenvalue weighted by Gasteiger charge is -2.15. The fourth-order valence-electron chi connectivity index (χ4n) is 2.38. The van der Waals surface area contributed by atoms with E-state index in [0.29, 0.717) is 10.9 Å². The molecule has 0 saturated carbocycles. The second kappa shape index (κ2) is 8.53. The molecule has 25 heavy (non-hydrogen) atoms. The molecule has 0 fully saturated rings. The molecule has 0 aromatic heterocycles. The van der Waals surface area contributed by atoms with Gasteiger partial charge in [0.2, 0.25) is 0 Å². The SMILES string of the molecule is CC[C@H](C)c1ccccc1NC(=O)COC(=O)c1ccc(Cl)cc1N. The van der Waals surface area contributed by atoms with Crippen molar-refractivity contribution in [1.82, 2.24) is 0 Å². The third-order valence-electron chi connectivity index (χ3n) is 3.95. The minimum Gasteiger partial charge on any atom is -0.452 e. The van der Waals surface area contributed by atoms with Gasteiger partial charge in [-0.25, -0.2) is 4.79 Å². The summed E-state index contributed by atoms with van der Waals surface area (Å²) < 4.78 is 5.04. The first-order chi connectivity index (χ1) is 11.9. The van der Waals surface area contributed by atoms with Crippen LogP contribution in [0.2, 0.25) is 5.02 Å². The van der Waals surface area contributed by atoms with E-state index in [4.69, 9.17) is 22.1 Å². The van der Waals surface area contributed by atoms with Crippen molar-refractivity contribution in [3.05, 3.63) is 58.6 Å². The Labute approximate surface area is 152 Å². The first-order valence-electron chi connectivity index (χ1n) is 8.03. The molecule has 0 aliphatic heterocycles. The van der Waals surface area contributed by atoms with Crippen molar-refractivity contribution in [3.8, 4) is 0 Å². The summed E-state index contributed by atoms with van der Waals surface area (Å²) in [7, 11) is 0. The largest absolute Gasteiger partial charge is 0.452 e. The van der Waals surface area contributed by atoms with Crippen LogP contribution in [0.4, 0.5) is 11.4 Å². The average Bonchev–Trinajstić information content (AvgIpc) is 2.59. The van der Waals surface area contributed by atoms with Gasteiger partial charge in [0.25, 0.3) is 5.91 Å². The summed E-state index contributed by atoms with van der Waals surface area (Å²) in [4.78, 5) is 24.1. The second-order valence-corrected chi connectivity index (χ2v) is 6.19. The van der Waals surface area contributed by atoms with E-state index in [1.165, 1.54) is 18.2 Å². The molecule has 1 atom stereocenters. The predicted octanol–water partition coefficient (Wildman–Crippen LogP) is 4.23. The molecule has 0 saturated heterocycles. The molecule has 0 heterocycles. The van der Waals surface area contributed by atoms with E-state index >= 15 is 0 Å². The lowest BCUT2D eigenvalue weighted by Crippen LogP contribution is -2.22. The monoisotopic (exact) mass is 360 g/mol. The Hall–Kier alpha value is -2.53. The number of benzene rings is 2. The highest BCUT2D eigenvalue weighted by Crippen LogP contribution is 2.26. The van der Waals surface area contributed by atoms with Gasteiger partial charge in [0, 0.05) is 16.4 Å². The Morgan fingerprint density at radius 2 is 1.96 bits per heavy atom. The molecule has 2 rings (SSSR count). The van der Waals surface area contributed by atoms with Crippen LogP contribution in [0, 0.1) is 0 Å². The summed E-state index contributed by atoms with van der Waals surface area (Å²) in [5.41, 5.74) is 7.89. The number of para-hydroxylation sites is 1. The van der Waals surface area contributed by atoms with Gasteiger partial charge in [-0.2, -0.15) is 0 Å². The number of hydrogen-bond donors (Lipinski definition) is 2. The number of amides is 1. The molecule has 132 valence electrons. The third kappa shape index (κ3) is 4.97. The van der Waals surface area contributed by atoms with Crippen molar-refractivity contribution in [1.29, 1.82) is 0 Å². The van der Waals surface area contributed by atoms with Crippen molar-refractivity contribution in [2.45, 2.75) is 26.2 Å². The number of anilines is 2. The molecule has 5 nitrogen and oxygen atoms in total. The molecule has 2 aromatic rings. The van der Waals surface area contributed by atoms with Gasteiger partial charge in [0.15, 0.2) is 6.61 Å². The number of nitrogen functional groups attached to an aromatic ring is 1. The van der Waals surface area contributed by atoms with Crippen LogP contribution in [0.3, 0.4) is 0 Å². The molecule has 1 amide bonds. The maximum Gasteiger partial charge on any atom is 0.340 e. The lowest BCUT2D eigenvalue weighted by molar-refractivity contribution is -0.119. The van der Waals surface area contributed by atoms with Crippen LogP contribution >= 0.6 is 11.6 Å². The quantitative estimate of drug-likeness (QED) is 0.596. The Balaban J connectivity index is 1.98. The number of hydrogen-bond acceptors (Lipinski definition) is 4. The summed E-state index contributed by atoms with van der Waals surface area (Å²) in [6.07, 6.45) is 0.956. The third-order valence-corrected chi connectivity index (χ3v) is 4.18. The Bertz CT molecular complexity index is 777. The minimum absolute atomic E-state index is 0.178. The van der Waals surface area contributed by atoms with Crippen molar-refractivity contribution < 1.29 is 14.3 Å². The van der Waals surface area contributed by atoms with E-state index in [0.717, 1.165) is 17.7 Å². The highest BCUT2D eigenvalue weighted by molar-refractivity contribution is 6.31. The van der Waals surface area contributed by atoms with Gasteiger partial charge < -0.3 is 15.8 Å². The highest BCUT2D eigenvalue weighted by atomic mass is 35.5. The van der Waals surface area contributed by atoms with E-state index in [9.17, 15) is 9.59 Å². The Morgan fingerprint density at radius 3 is 2.64 bits per heavy atom. The minimum atomic E-state index is -0.667. The molecule has 0 aliphatic carbocycles. The van der Waals surface area contributed by atoms with Crippen LogP contribution in [0.25, 0.3) is 0 Å². The van der Waals surface area contributed by atoms with E-state index in [-0.39, 0.29) is 11.3 Å². The van der Waals surface area contributed by atoms with Gasteiger partial charge >= 0.3 is 5.97 Å². The standard InChI is InChI=1S/C19H21ClN2O3/c1-3-12(2)14-6-4-5-7-17(14)22-18(23)11-25-19(24)15-9-8-13(20)10-16(15)21/h4-10,12H,3,11,21H2,1-2H3,(H,22,23)/t12-/m0/s1. The zero-order valence-corrected chi connectivity index (χ0v) is 15.0. The normalized spacial score (nSPS) is 11.6. The molecule has 0 spiro atoms. The van der Waals surface area contributed by atoms with E-state index in [1.54, 1.807) is 0 Å². The smallest absolute Gasteiger partial charge is 0.340 e. The van der Waals surface area contributed by atoms with Gasteiger partial charge in [-0.1, -0.05) is 43.6 Å². The topological polar surface area (TPSA) is 81.4 Å². The molecule has 0 radical (unpaired) electrons. The number of rotatable bonds is 6. The first-order valence-corrected chi connectivity index (χ1v) is 8.41. The maximum absolute atomic E-state index is 12.1. The van der Waals surface area contributed by atoms with Crippen molar-refractivity contribution in [3.63, 3.8) is 0 Å².